The zero-order valence-corrected chi connectivity index (χ0v) is 10.0. The second-order valence-corrected chi connectivity index (χ2v) is 5.81. The van der Waals surface area contributed by atoms with Crippen LogP contribution in [0.5, 0.6) is 0 Å². The van der Waals surface area contributed by atoms with Crippen molar-refractivity contribution >= 4 is 10.8 Å². The van der Waals surface area contributed by atoms with Gasteiger partial charge in [-0.15, -0.1) is 0 Å². The normalized spacial score (nSPS) is 26.8. The first kappa shape index (κ1) is 10.6. The van der Waals surface area contributed by atoms with Crippen molar-refractivity contribution in [2.24, 2.45) is 0 Å². The van der Waals surface area contributed by atoms with Gasteiger partial charge in [-0.1, -0.05) is 41.5 Å². The fourth-order valence-electron chi connectivity index (χ4n) is 1.92. The standard InChI is InChI=1S/C13H16OS/c1-10-8-13(15(14)9-11(10)2)12-6-4-3-5-7-12/h3-7,13H,8-9H2,1-2H3/t13-,15?/m1/s1. The molecular formula is C13H16OS. The van der Waals surface area contributed by atoms with Crippen molar-refractivity contribution in [2.45, 2.75) is 25.5 Å². The maximum atomic E-state index is 12.0. The zero-order valence-electron chi connectivity index (χ0n) is 9.19. The Labute approximate surface area is 93.7 Å². The first-order valence-corrected chi connectivity index (χ1v) is 6.64. The van der Waals surface area contributed by atoms with Crippen LogP contribution in [-0.4, -0.2) is 9.96 Å². The van der Waals surface area contributed by atoms with E-state index in [9.17, 15) is 4.21 Å². The van der Waals surface area contributed by atoms with Gasteiger partial charge in [-0.25, -0.2) is 0 Å². The lowest BCUT2D eigenvalue weighted by Crippen LogP contribution is -2.17. The highest BCUT2D eigenvalue weighted by Crippen LogP contribution is 2.33. The maximum Gasteiger partial charge on any atom is 0.0637 e. The summed E-state index contributed by atoms with van der Waals surface area (Å²) >= 11 is 0. The Kier molecular flexibility index (Phi) is 3.06. The Morgan fingerprint density at radius 1 is 1.13 bits per heavy atom. The molecule has 1 heterocycles. The molecule has 0 spiro atoms. The van der Waals surface area contributed by atoms with Crippen LogP contribution in [0.3, 0.4) is 0 Å². The molecule has 0 radical (unpaired) electrons. The third kappa shape index (κ3) is 2.20. The molecule has 1 aliphatic rings. The zero-order chi connectivity index (χ0) is 10.8. The molecule has 1 aromatic carbocycles. The third-order valence-corrected chi connectivity index (χ3v) is 4.86. The number of benzene rings is 1. The highest BCUT2D eigenvalue weighted by atomic mass is 32.2. The smallest absolute Gasteiger partial charge is 0.0637 e. The molecule has 0 N–H and O–H groups in total. The molecule has 1 unspecified atom stereocenters. The lowest BCUT2D eigenvalue weighted by Gasteiger charge is -2.24. The molecule has 0 bridgehead atoms. The van der Waals surface area contributed by atoms with Crippen LogP contribution in [0, 0.1) is 0 Å². The lowest BCUT2D eigenvalue weighted by molar-refractivity contribution is 0.667. The SMILES string of the molecule is CC1=C(C)CS(=O)[C@@H](c2ccccc2)C1. The van der Waals surface area contributed by atoms with Crippen molar-refractivity contribution in [1.29, 1.82) is 0 Å². The lowest BCUT2D eigenvalue weighted by atomic mass is 10.0. The largest absolute Gasteiger partial charge is 0.259 e. The van der Waals surface area contributed by atoms with Crippen molar-refractivity contribution in [3.05, 3.63) is 47.0 Å². The van der Waals surface area contributed by atoms with Crippen LogP contribution < -0.4 is 0 Å². The van der Waals surface area contributed by atoms with Crippen LogP contribution in [0.15, 0.2) is 41.5 Å². The average molecular weight is 220 g/mol. The Hall–Kier alpha value is -0.890. The van der Waals surface area contributed by atoms with Crippen molar-refractivity contribution < 1.29 is 4.21 Å². The highest BCUT2D eigenvalue weighted by molar-refractivity contribution is 7.85. The van der Waals surface area contributed by atoms with Gasteiger partial charge in [-0.2, -0.15) is 0 Å². The topological polar surface area (TPSA) is 17.1 Å². The summed E-state index contributed by atoms with van der Waals surface area (Å²) in [4.78, 5) is 0. The number of hydrogen-bond acceptors (Lipinski definition) is 1. The van der Waals surface area contributed by atoms with E-state index in [4.69, 9.17) is 0 Å². The van der Waals surface area contributed by atoms with Crippen LogP contribution in [-0.2, 0) is 10.8 Å². The van der Waals surface area contributed by atoms with Gasteiger partial charge in [0.05, 0.1) is 5.25 Å². The minimum atomic E-state index is -0.738. The summed E-state index contributed by atoms with van der Waals surface area (Å²) in [6.45, 7) is 4.25. The van der Waals surface area contributed by atoms with Crippen LogP contribution in [0.2, 0.25) is 0 Å². The monoisotopic (exact) mass is 220 g/mol. The third-order valence-electron chi connectivity index (χ3n) is 3.07. The number of allylic oxidation sites excluding steroid dienone is 1. The van der Waals surface area contributed by atoms with Crippen molar-refractivity contribution in [2.75, 3.05) is 5.75 Å². The highest BCUT2D eigenvalue weighted by Gasteiger charge is 2.24. The molecule has 15 heavy (non-hydrogen) atoms. The molecule has 0 saturated carbocycles. The maximum absolute atomic E-state index is 12.0. The Balaban J connectivity index is 2.29. The van der Waals surface area contributed by atoms with Gasteiger partial charge in [0.2, 0.25) is 0 Å². The van der Waals surface area contributed by atoms with Crippen molar-refractivity contribution in [1.82, 2.24) is 0 Å². The number of rotatable bonds is 1. The van der Waals surface area contributed by atoms with Gasteiger partial charge < -0.3 is 0 Å². The Morgan fingerprint density at radius 2 is 1.80 bits per heavy atom. The molecule has 2 heteroatoms. The van der Waals surface area contributed by atoms with Crippen LogP contribution in [0.1, 0.15) is 31.1 Å². The molecule has 0 amide bonds. The van der Waals surface area contributed by atoms with Crippen LogP contribution in [0.25, 0.3) is 0 Å². The van der Waals surface area contributed by atoms with Crippen LogP contribution >= 0.6 is 0 Å². The van der Waals surface area contributed by atoms with Gasteiger partial charge in [-0.05, 0) is 25.8 Å². The van der Waals surface area contributed by atoms with E-state index in [-0.39, 0.29) is 5.25 Å². The molecule has 0 aliphatic carbocycles. The minimum Gasteiger partial charge on any atom is -0.259 e. The molecule has 2 rings (SSSR count). The second-order valence-electron chi connectivity index (χ2n) is 4.19. The summed E-state index contributed by atoms with van der Waals surface area (Å²) in [5, 5.41) is 0.204. The molecule has 0 saturated heterocycles. The van der Waals surface area contributed by atoms with E-state index in [2.05, 4.69) is 26.0 Å². The van der Waals surface area contributed by atoms with Crippen molar-refractivity contribution in [3.63, 3.8) is 0 Å². The summed E-state index contributed by atoms with van der Waals surface area (Å²) in [5.74, 6) is 0.741. The van der Waals surface area contributed by atoms with Gasteiger partial charge in [0.15, 0.2) is 0 Å². The predicted octanol–water partition coefficient (Wildman–Crippen LogP) is 3.22. The van der Waals surface area contributed by atoms with E-state index in [0.717, 1.165) is 12.2 Å². The van der Waals surface area contributed by atoms with Gasteiger partial charge in [-0.3, -0.25) is 4.21 Å². The molecule has 80 valence electrons. The first-order chi connectivity index (χ1) is 7.18. The second kappa shape index (κ2) is 4.31. The fraction of sp³-hybridized carbons (Fsp3) is 0.385. The van der Waals surface area contributed by atoms with Gasteiger partial charge >= 0.3 is 0 Å². The predicted molar refractivity (Wildman–Crippen MR) is 65.2 cm³/mol. The quantitative estimate of drug-likeness (QED) is 0.664. The summed E-state index contributed by atoms with van der Waals surface area (Å²) in [7, 11) is -0.738. The molecular weight excluding hydrogens is 204 g/mol. The van der Waals surface area contributed by atoms with E-state index in [0.29, 0.717) is 0 Å². The number of hydrogen-bond donors (Lipinski definition) is 0. The summed E-state index contributed by atoms with van der Waals surface area (Å²) in [6.07, 6.45) is 0.947. The molecule has 1 nitrogen and oxygen atoms in total. The molecule has 0 aromatic heterocycles. The van der Waals surface area contributed by atoms with E-state index in [1.54, 1.807) is 0 Å². The molecule has 2 atom stereocenters. The Morgan fingerprint density at radius 3 is 2.47 bits per heavy atom. The average Bonchev–Trinajstić information content (AvgIpc) is 2.25. The van der Waals surface area contributed by atoms with Crippen LogP contribution in [0.4, 0.5) is 0 Å². The van der Waals surface area contributed by atoms with E-state index < -0.39 is 10.8 Å². The van der Waals surface area contributed by atoms with E-state index in [1.807, 2.05) is 18.2 Å². The van der Waals surface area contributed by atoms with Gasteiger partial charge in [0, 0.05) is 16.6 Å². The van der Waals surface area contributed by atoms with E-state index >= 15 is 0 Å². The summed E-state index contributed by atoms with van der Waals surface area (Å²) in [5.41, 5.74) is 3.92. The van der Waals surface area contributed by atoms with Gasteiger partial charge in [0.1, 0.15) is 0 Å². The molecule has 0 fully saturated rings. The first-order valence-electron chi connectivity index (χ1n) is 5.26. The Bertz CT molecular complexity index is 406. The van der Waals surface area contributed by atoms with Gasteiger partial charge in [0.25, 0.3) is 0 Å². The molecule has 1 aliphatic heterocycles. The van der Waals surface area contributed by atoms with Crippen molar-refractivity contribution in [3.8, 4) is 0 Å². The minimum absolute atomic E-state index is 0.204. The van der Waals surface area contributed by atoms with E-state index in [1.165, 1.54) is 16.7 Å². The molecule has 1 aromatic rings. The summed E-state index contributed by atoms with van der Waals surface area (Å²) in [6, 6.07) is 10.2. The summed E-state index contributed by atoms with van der Waals surface area (Å²) < 4.78 is 12.0. The fourth-order valence-corrected chi connectivity index (χ4v) is 3.69.